The van der Waals surface area contributed by atoms with Gasteiger partial charge in [-0.05, 0) is 62.1 Å². The Morgan fingerprint density at radius 1 is 0.933 bits per heavy atom. The van der Waals surface area contributed by atoms with E-state index in [9.17, 15) is 18.0 Å². The van der Waals surface area contributed by atoms with Crippen LogP contribution in [0.15, 0.2) is 48.5 Å². The van der Waals surface area contributed by atoms with Crippen molar-refractivity contribution in [1.29, 1.82) is 0 Å². The average Bonchev–Trinajstić information content (AvgIpc) is 2.75. The fourth-order valence-electron chi connectivity index (χ4n) is 3.75. The smallest absolute Gasteiger partial charge is 0.297 e. The van der Waals surface area contributed by atoms with Crippen molar-refractivity contribution in [1.82, 2.24) is 15.3 Å². The summed E-state index contributed by atoms with van der Waals surface area (Å²) in [5.41, 5.74) is 0.897. The van der Waals surface area contributed by atoms with Crippen molar-refractivity contribution >= 4 is 22.6 Å². The van der Waals surface area contributed by atoms with Gasteiger partial charge in [0.2, 0.25) is 0 Å². The SMILES string of the molecule is O=C(NC1CCC(Nc2nc(C(F)F)nc3ccccc23)CC1)c1ccc(F)cc1. The van der Waals surface area contributed by atoms with Gasteiger partial charge in [0.15, 0.2) is 5.82 Å². The first-order valence-electron chi connectivity index (χ1n) is 9.87. The summed E-state index contributed by atoms with van der Waals surface area (Å²) in [7, 11) is 0. The van der Waals surface area contributed by atoms with Crippen LogP contribution in [0.4, 0.5) is 19.0 Å². The van der Waals surface area contributed by atoms with Gasteiger partial charge in [0.05, 0.1) is 5.52 Å². The maximum Gasteiger partial charge on any atom is 0.297 e. The van der Waals surface area contributed by atoms with Crippen molar-refractivity contribution < 1.29 is 18.0 Å². The van der Waals surface area contributed by atoms with Crippen LogP contribution in [0.3, 0.4) is 0 Å². The van der Waals surface area contributed by atoms with Crippen molar-refractivity contribution in [3.63, 3.8) is 0 Å². The number of alkyl halides is 2. The lowest BCUT2D eigenvalue weighted by atomic mass is 9.91. The summed E-state index contributed by atoms with van der Waals surface area (Å²) in [6.07, 6.45) is 0.269. The molecule has 1 saturated carbocycles. The Kier molecular flexibility index (Phi) is 5.83. The van der Waals surface area contributed by atoms with E-state index in [4.69, 9.17) is 0 Å². The number of carbonyl (C=O) groups excluding carboxylic acids is 1. The zero-order valence-corrected chi connectivity index (χ0v) is 16.1. The van der Waals surface area contributed by atoms with Crippen LogP contribution in [0.5, 0.6) is 0 Å². The van der Waals surface area contributed by atoms with Gasteiger partial charge in [-0.3, -0.25) is 4.79 Å². The number of nitrogens with zero attached hydrogens (tertiary/aromatic N) is 2. The van der Waals surface area contributed by atoms with E-state index in [2.05, 4.69) is 20.6 Å². The van der Waals surface area contributed by atoms with Crippen molar-refractivity contribution in [3.05, 3.63) is 65.7 Å². The molecule has 2 aromatic carbocycles. The second-order valence-corrected chi connectivity index (χ2v) is 7.42. The van der Waals surface area contributed by atoms with Crippen LogP contribution in [0.25, 0.3) is 10.9 Å². The molecule has 1 heterocycles. The number of carbonyl (C=O) groups is 1. The summed E-state index contributed by atoms with van der Waals surface area (Å²) in [5, 5.41) is 6.97. The van der Waals surface area contributed by atoms with E-state index in [-0.39, 0.29) is 23.8 Å². The normalized spacial score (nSPS) is 19.1. The van der Waals surface area contributed by atoms with Gasteiger partial charge in [0.25, 0.3) is 12.3 Å². The molecule has 1 aliphatic rings. The van der Waals surface area contributed by atoms with Gasteiger partial charge in [0, 0.05) is 23.0 Å². The predicted molar refractivity (Wildman–Crippen MR) is 108 cm³/mol. The second-order valence-electron chi connectivity index (χ2n) is 7.42. The van der Waals surface area contributed by atoms with Crippen molar-refractivity contribution in [3.8, 4) is 0 Å². The van der Waals surface area contributed by atoms with E-state index >= 15 is 0 Å². The Balaban J connectivity index is 1.39. The van der Waals surface area contributed by atoms with Gasteiger partial charge >= 0.3 is 0 Å². The number of nitrogens with one attached hydrogen (secondary N) is 2. The highest BCUT2D eigenvalue weighted by molar-refractivity contribution is 5.94. The van der Waals surface area contributed by atoms with Gasteiger partial charge in [-0.2, -0.15) is 0 Å². The highest BCUT2D eigenvalue weighted by Gasteiger charge is 2.24. The molecule has 0 radical (unpaired) electrons. The van der Waals surface area contributed by atoms with E-state index in [1.54, 1.807) is 12.1 Å². The van der Waals surface area contributed by atoms with Crippen LogP contribution < -0.4 is 10.6 Å². The molecule has 156 valence electrons. The molecular weight excluding hydrogens is 393 g/mol. The van der Waals surface area contributed by atoms with Crippen molar-refractivity contribution in [2.75, 3.05) is 5.32 Å². The molecule has 0 saturated heterocycles. The minimum atomic E-state index is -2.74. The molecule has 0 bridgehead atoms. The summed E-state index contributed by atoms with van der Waals surface area (Å²) in [4.78, 5) is 20.3. The number of aromatic nitrogens is 2. The Morgan fingerprint density at radius 2 is 1.60 bits per heavy atom. The number of anilines is 1. The molecular formula is C22H21F3N4O. The summed E-state index contributed by atoms with van der Waals surface area (Å²) < 4.78 is 39.4. The van der Waals surface area contributed by atoms with Gasteiger partial charge < -0.3 is 10.6 Å². The molecule has 2 N–H and O–H groups in total. The lowest BCUT2D eigenvalue weighted by Crippen LogP contribution is -2.40. The standard InChI is InChI=1S/C22H21F3N4O/c23-14-7-5-13(6-8-14)22(30)27-16-11-9-15(10-12-16)26-20-17-3-1-2-4-18(17)28-21(29-20)19(24)25/h1-8,15-16,19H,9-12H2,(H,27,30)(H,26,28,29). The van der Waals surface area contributed by atoms with Crippen LogP contribution in [-0.2, 0) is 0 Å². The number of amides is 1. The maximum absolute atomic E-state index is 13.2. The summed E-state index contributed by atoms with van der Waals surface area (Å²) >= 11 is 0. The number of hydrogen-bond donors (Lipinski definition) is 2. The lowest BCUT2D eigenvalue weighted by molar-refractivity contribution is 0.0926. The molecule has 30 heavy (non-hydrogen) atoms. The van der Waals surface area contributed by atoms with Gasteiger partial charge in [-0.25, -0.2) is 23.1 Å². The van der Waals surface area contributed by atoms with Crippen LogP contribution in [0, 0.1) is 5.82 Å². The van der Waals surface area contributed by atoms with Gasteiger partial charge in [-0.15, -0.1) is 0 Å². The minimum absolute atomic E-state index is 0.0133. The maximum atomic E-state index is 13.2. The van der Waals surface area contributed by atoms with Crippen LogP contribution in [-0.4, -0.2) is 28.0 Å². The fourth-order valence-corrected chi connectivity index (χ4v) is 3.75. The van der Waals surface area contributed by atoms with Gasteiger partial charge in [0.1, 0.15) is 11.6 Å². The monoisotopic (exact) mass is 414 g/mol. The molecule has 0 spiro atoms. The molecule has 4 rings (SSSR count). The molecule has 1 aliphatic carbocycles. The second kappa shape index (κ2) is 8.69. The Labute approximate surface area is 171 Å². The molecule has 0 atom stereocenters. The molecule has 1 fully saturated rings. The van der Waals surface area contributed by atoms with Crippen LogP contribution in [0.2, 0.25) is 0 Å². The first-order valence-corrected chi connectivity index (χ1v) is 9.87. The molecule has 0 aliphatic heterocycles. The van der Waals surface area contributed by atoms with Crippen molar-refractivity contribution in [2.24, 2.45) is 0 Å². The third-order valence-corrected chi connectivity index (χ3v) is 5.33. The third-order valence-electron chi connectivity index (χ3n) is 5.33. The van der Waals surface area contributed by atoms with Crippen LogP contribution in [0.1, 0.15) is 48.3 Å². The molecule has 0 unspecified atom stereocenters. The number of fused-ring (bicyclic) bond motifs is 1. The Bertz CT molecular complexity index is 1030. The lowest BCUT2D eigenvalue weighted by Gasteiger charge is -2.30. The highest BCUT2D eigenvalue weighted by atomic mass is 19.3. The van der Waals surface area contributed by atoms with E-state index in [0.717, 1.165) is 25.7 Å². The van der Waals surface area contributed by atoms with Crippen LogP contribution >= 0.6 is 0 Å². The zero-order chi connectivity index (χ0) is 21.1. The molecule has 3 aromatic rings. The largest absolute Gasteiger partial charge is 0.367 e. The highest BCUT2D eigenvalue weighted by Crippen LogP contribution is 2.28. The minimum Gasteiger partial charge on any atom is -0.367 e. The predicted octanol–water partition coefficient (Wildman–Crippen LogP) is 4.86. The first kappa shape index (κ1) is 20.1. The van der Waals surface area contributed by atoms with E-state index in [0.29, 0.717) is 22.3 Å². The number of rotatable bonds is 5. The first-order chi connectivity index (χ1) is 14.5. The third kappa shape index (κ3) is 4.53. The molecule has 1 aromatic heterocycles. The summed E-state index contributed by atoms with van der Waals surface area (Å²) in [6, 6.07) is 12.6. The van der Waals surface area contributed by atoms with E-state index in [1.165, 1.54) is 24.3 Å². The number of benzene rings is 2. The number of para-hydroxylation sites is 1. The molecule has 8 heteroatoms. The van der Waals surface area contributed by atoms with E-state index in [1.807, 2.05) is 12.1 Å². The number of halogens is 3. The van der Waals surface area contributed by atoms with Crippen molar-refractivity contribution in [2.45, 2.75) is 44.2 Å². The quantitative estimate of drug-likeness (QED) is 0.626. The summed E-state index contributed by atoms with van der Waals surface area (Å²) in [5.74, 6) is -0.689. The Hall–Kier alpha value is -3.16. The zero-order valence-electron chi connectivity index (χ0n) is 16.1. The summed E-state index contributed by atoms with van der Waals surface area (Å²) in [6.45, 7) is 0. The topological polar surface area (TPSA) is 66.9 Å². The molecule has 1 amide bonds. The van der Waals surface area contributed by atoms with Gasteiger partial charge in [-0.1, -0.05) is 12.1 Å². The average molecular weight is 414 g/mol. The fraction of sp³-hybridized carbons (Fsp3) is 0.318. The Morgan fingerprint density at radius 3 is 2.30 bits per heavy atom. The molecule has 5 nitrogen and oxygen atoms in total. The number of hydrogen-bond acceptors (Lipinski definition) is 4. The van der Waals surface area contributed by atoms with E-state index < -0.39 is 12.2 Å².